The van der Waals surface area contributed by atoms with E-state index in [-0.39, 0.29) is 0 Å². The van der Waals surface area contributed by atoms with Crippen molar-refractivity contribution < 1.29 is 4.74 Å². The topological polar surface area (TPSA) is 66.1 Å². The van der Waals surface area contributed by atoms with E-state index in [1.165, 1.54) is 20.3 Å². The van der Waals surface area contributed by atoms with Crippen LogP contribution in [0.4, 0.5) is 11.5 Å². The van der Waals surface area contributed by atoms with Crippen molar-refractivity contribution in [2.24, 2.45) is 0 Å². The molecule has 6 rings (SSSR count). The number of anilines is 2. The highest BCUT2D eigenvalue weighted by atomic mass is 32.1. The van der Waals surface area contributed by atoms with Crippen molar-refractivity contribution in [3.63, 3.8) is 0 Å². The Balaban J connectivity index is 1.15. The molecule has 3 aromatic heterocycles. The lowest BCUT2D eigenvalue weighted by Crippen LogP contribution is -2.36. The number of pyridine rings is 1. The van der Waals surface area contributed by atoms with Crippen molar-refractivity contribution >= 4 is 43.1 Å². The molecule has 0 spiro atoms. The van der Waals surface area contributed by atoms with Gasteiger partial charge in [0.25, 0.3) is 0 Å². The third-order valence-corrected chi connectivity index (χ3v) is 7.07. The van der Waals surface area contributed by atoms with E-state index in [2.05, 4.69) is 86.1 Å². The van der Waals surface area contributed by atoms with Crippen LogP contribution in [0, 0.1) is 0 Å². The quantitative estimate of drug-likeness (QED) is 0.388. The lowest BCUT2D eigenvalue weighted by molar-refractivity contribution is 0.122. The van der Waals surface area contributed by atoms with Gasteiger partial charge in [0.1, 0.15) is 11.5 Å². The molecule has 1 aliphatic heterocycles. The van der Waals surface area contributed by atoms with Gasteiger partial charge in [0.15, 0.2) is 0 Å². The average molecular weight is 442 g/mol. The Labute approximate surface area is 189 Å². The van der Waals surface area contributed by atoms with Gasteiger partial charge in [0, 0.05) is 35.3 Å². The second-order valence-corrected chi connectivity index (χ2v) is 8.98. The molecule has 0 unspecified atom stereocenters. The van der Waals surface area contributed by atoms with Crippen molar-refractivity contribution in [3.8, 4) is 11.3 Å². The standard InChI is InChI=1S/C25H23N5OS/c1-2-4-21-20(3-1)24-25(32-21)23(28-29-24)18-7-5-17(6-8-18)15-26-19-9-10-22(27-16-19)30-11-13-31-14-12-30/h1-10,16,26H,11-15H2,(H,28,29). The molecule has 6 nitrogen and oxygen atoms in total. The molecule has 0 atom stereocenters. The summed E-state index contributed by atoms with van der Waals surface area (Å²) in [5.41, 5.74) is 5.51. The zero-order valence-electron chi connectivity index (χ0n) is 17.5. The third kappa shape index (κ3) is 3.59. The van der Waals surface area contributed by atoms with E-state index in [0.29, 0.717) is 0 Å². The van der Waals surface area contributed by atoms with E-state index in [9.17, 15) is 0 Å². The number of thiophene rings is 1. The lowest BCUT2D eigenvalue weighted by Gasteiger charge is -2.27. The van der Waals surface area contributed by atoms with Crippen LogP contribution in [0.2, 0.25) is 0 Å². The lowest BCUT2D eigenvalue weighted by atomic mass is 10.1. The predicted octanol–water partition coefficient (Wildman–Crippen LogP) is 5.29. The molecule has 160 valence electrons. The number of aromatic amines is 1. The maximum atomic E-state index is 5.41. The molecule has 2 aromatic carbocycles. The number of H-pyrrole nitrogens is 1. The molecular weight excluding hydrogens is 418 g/mol. The molecule has 0 saturated carbocycles. The van der Waals surface area contributed by atoms with Crippen LogP contribution in [-0.4, -0.2) is 41.5 Å². The van der Waals surface area contributed by atoms with Gasteiger partial charge in [-0.05, 0) is 23.8 Å². The Morgan fingerprint density at radius 3 is 2.66 bits per heavy atom. The van der Waals surface area contributed by atoms with Crippen LogP contribution in [0.25, 0.3) is 31.6 Å². The normalized spacial score (nSPS) is 14.3. The first-order valence-corrected chi connectivity index (χ1v) is 11.6. The van der Waals surface area contributed by atoms with Crippen LogP contribution >= 0.6 is 11.3 Å². The van der Waals surface area contributed by atoms with E-state index >= 15 is 0 Å². The molecule has 0 amide bonds. The molecule has 1 saturated heterocycles. The summed E-state index contributed by atoms with van der Waals surface area (Å²) < 4.78 is 7.91. The molecule has 5 aromatic rings. The number of nitrogens with zero attached hydrogens (tertiary/aromatic N) is 3. The Morgan fingerprint density at radius 1 is 1.00 bits per heavy atom. The van der Waals surface area contributed by atoms with Gasteiger partial charge >= 0.3 is 0 Å². The van der Waals surface area contributed by atoms with Crippen LogP contribution in [0.15, 0.2) is 66.9 Å². The SMILES string of the molecule is c1ccc2c(c1)sc1c(-c3ccc(CNc4ccc(N5CCOCC5)nc4)cc3)n[nH]c12. The summed E-state index contributed by atoms with van der Waals surface area (Å²) in [7, 11) is 0. The fraction of sp³-hybridized carbons (Fsp3) is 0.200. The van der Waals surface area contributed by atoms with Gasteiger partial charge in [0.2, 0.25) is 0 Å². The maximum Gasteiger partial charge on any atom is 0.128 e. The van der Waals surface area contributed by atoms with Gasteiger partial charge in [-0.3, -0.25) is 5.10 Å². The molecule has 0 bridgehead atoms. The minimum atomic E-state index is 0.748. The number of aromatic nitrogens is 3. The first kappa shape index (κ1) is 19.3. The summed E-state index contributed by atoms with van der Waals surface area (Å²) in [4.78, 5) is 6.87. The number of morpholine rings is 1. The molecule has 1 aliphatic rings. The minimum absolute atomic E-state index is 0.748. The highest BCUT2D eigenvalue weighted by Gasteiger charge is 2.14. The van der Waals surface area contributed by atoms with Crippen molar-refractivity contribution in [1.29, 1.82) is 0 Å². The summed E-state index contributed by atoms with van der Waals surface area (Å²) >= 11 is 1.79. The molecular formula is C25H23N5OS. The van der Waals surface area contributed by atoms with E-state index < -0.39 is 0 Å². The van der Waals surface area contributed by atoms with Gasteiger partial charge in [-0.15, -0.1) is 11.3 Å². The second-order valence-electron chi connectivity index (χ2n) is 7.93. The summed E-state index contributed by atoms with van der Waals surface area (Å²) in [6.45, 7) is 4.08. The third-order valence-electron chi connectivity index (χ3n) is 5.90. The molecule has 32 heavy (non-hydrogen) atoms. The summed E-state index contributed by atoms with van der Waals surface area (Å²) in [6, 6.07) is 21.2. The van der Waals surface area contributed by atoms with Crippen molar-refractivity contribution in [2.75, 3.05) is 36.5 Å². The average Bonchev–Trinajstić information content (AvgIpc) is 3.44. The van der Waals surface area contributed by atoms with Crippen LogP contribution in [0.1, 0.15) is 5.56 Å². The van der Waals surface area contributed by atoms with Gasteiger partial charge in [-0.1, -0.05) is 42.5 Å². The number of ether oxygens (including phenoxy) is 1. The molecule has 2 N–H and O–H groups in total. The highest BCUT2D eigenvalue weighted by Crippen LogP contribution is 2.38. The largest absolute Gasteiger partial charge is 0.380 e. The zero-order valence-corrected chi connectivity index (χ0v) is 18.4. The molecule has 0 radical (unpaired) electrons. The van der Waals surface area contributed by atoms with Crippen LogP contribution < -0.4 is 10.2 Å². The Morgan fingerprint density at radius 2 is 1.84 bits per heavy atom. The smallest absolute Gasteiger partial charge is 0.128 e. The Hall–Kier alpha value is -3.42. The van der Waals surface area contributed by atoms with Gasteiger partial charge < -0.3 is 15.0 Å². The first-order valence-electron chi connectivity index (χ1n) is 10.8. The van der Waals surface area contributed by atoms with Crippen molar-refractivity contribution in [3.05, 3.63) is 72.4 Å². The number of hydrogen-bond donors (Lipinski definition) is 2. The van der Waals surface area contributed by atoms with Crippen molar-refractivity contribution in [1.82, 2.24) is 15.2 Å². The number of benzene rings is 2. The van der Waals surface area contributed by atoms with E-state index in [4.69, 9.17) is 4.74 Å². The molecule has 1 fully saturated rings. The first-order chi connectivity index (χ1) is 15.8. The van der Waals surface area contributed by atoms with Crippen molar-refractivity contribution in [2.45, 2.75) is 6.54 Å². The fourth-order valence-electron chi connectivity index (χ4n) is 4.14. The van der Waals surface area contributed by atoms with Crippen LogP contribution in [0.5, 0.6) is 0 Å². The second kappa shape index (κ2) is 8.26. The van der Waals surface area contributed by atoms with Gasteiger partial charge in [0.05, 0.1) is 35.3 Å². The molecule has 0 aliphatic carbocycles. The highest BCUT2D eigenvalue weighted by molar-refractivity contribution is 7.26. The maximum absolute atomic E-state index is 5.41. The molecule has 4 heterocycles. The van der Waals surface area contributed by atoms with E-state index in [1.54, 1.807) is 11.3 Å². The number of nitrogens with one attached hydrogen (secondary N) is 2. The van der Waals surface area contributed by atoms with Crippen LogP contribution in [0.3, 0.4) is 0 Å². The van der Waals surface area contributed by atoms with Crippen LogP contribution in [-0.2, 0) is 11.3 Å². The van der Waals surface area contributed by atoms with Gasteiger partial charge in [-0.2, -0.15) is 5.10 Å². The van der Waals surface area contributed by atoms with E-state index in [1.807, 2.05) is 6.20 Å². The summed E-state index contributed by atoms with van der Waals surface area (Å²) in [5.74, 6) is 1.01. The minimum Gasteiger partial charge on any atom is -0.380 e. The monoisotopic (exact) mass is 441 g/mol. The number of rotatable bonds is 5. The predicted molar refractivity (Wildman–Crippen MR) is 132 cm³/mol. The Bertz CT molecular complexity index is 1350. The number of hydrogen-bond acceptors (Lipinski definition) is 6. The summed E-state index contributed by atoms with van der Waals surface area (Å²) in [5, 5.41) is 12.5. The number of fused-ring (bicyclic) bond motifs is 3. The Kier molecular flexibility index (Phi) is 4.97. The zero-order chi connectivity index (χ0) is 21.3. The fourth-order valence-corrected chi connectivity index (χ4v) is 5.30. The van der Waals surface area contributed by atoms with Gasteiger partial charge in [-0.25, -0.2) is 4.98 Å². The summed E-state index contributed by atoms with van der Waals surface area (Å²) in [6.07, 6.45) is 1.90. The molecule has 7 heteroatoms. The van der Waals surface area contributed by atoms with E-state index in [0.717, 1.165) is 61.1 Å².